The summed E-state index contributed by atoms with van der Waals surface area (Å²) in [4.78, 5) is 28.0. The van der Waals surface area contributed by atoms with Crippen LogP contribution in [0.3, 0.4) is 0 Å². The molecular weight excluding hydrogens is 458 g/mol. The molecule has 1 aromatic rings. The lowest BCUT2D eigenvalue weighted by atomic mass is 10.0. The highest BCUT2D eigenvalue weighted by atomic mass is 19.4. The van der Waals surface area contributed by atoms with Crippen LogP contribution in [0.2, 0.25) is 0 Å². The van der Waals surface area contributed by atoms with E-state index in [0.717, 1.165) is 4.90 Å². The number of ether oxygens (including phenoxy) is 2. The molecule has 1 aromatic carbocycles. The number of benzene rings is 1. The summed E-state index contributed by atoms with van der Waals surface area (Å²) >= 11 is 0. The van der Waals surface area contributed by atoms with Gasteiger partial charge in [0.2, 0.25) is 11.8 Å². The number of hydrogen-bond donors (Lipinski definition) is 0. The SMILES string of the molecule is O=C1CC(C(=O)N2CCC3(CC2)OCCO3)CN1Cc1cc(C(F)(F)F)cc(C(F)(F)F)c1. The number of carbonyl (C=O) groups is 2. The molecule has 1 atom stereocenters. The van der Waals surface area contributed by atoms with Gasteiger partial charge in [0.25, 0.3) is 0 Å². The standard InChI is InChI=1S/C21H22F6N2O4/c22-20(23,24)15-7-13(8-16(10-15)21(25,26)27)11-29-12-14(9-17(29)30)18(31)28-3-1-19(2-4-28)32-5-6-33-19/h7-8,10,14H,1-6,9,11-12H2. The zero-order valence-corrected chi connectivity index (χ0v) is 17.5. The largest absolute Gasteiger partial charge is 0.416 e. The number of amides is 2. The molecule has 1 unspecified atom stereocenters. The Morgan fingerprint density at radius 3 is 2.03 bits per heavy atom. The van der Waals surface area contributed by atoms with Gasteiger partial charge in [-0.3, -0.25) is 9.59 Å². The first kappa shape index (κ1) is 23.8. The molecule has 3 fully saturated rings. The Balaban J connectivity index is 1.43. The summed E-state index contributed by atoms with van der Waals surface area (Å²) in [7, 11) is 0. The van der Waals surface area contributed by atoms with Crippen LogP contribution >= 0.6 is 0 Å². The van der Waals surface area contributed by atoms with Crippen LogP contribution in [0.15, 0.2) is 18.2 Å². The number of alkyl halides is 6. The Bertz CT molecular complexity index is 884. The number of halogens is 6. The minimum atomic E-state index is -4.97. The molecule has 0 saturated carbocycles. The first-order valence-electron chi connectivity index (χ1n) is 10.5. The van der Waals surface area contributed by atoms with Gasteiger partial charge in [-0.1, -0.05) is 0 Å². The quantitative estimate of drug-likeness (QED) is 0.623. The Morgan fingerprint density at radius 2 is 1.52 bits per heavy atom. The third-order valence-corrected chi connectivity index (χ3v) is 6.24. The lowest BCUT2D eigenvalue weighted by molar-refractivity contribution is -0.188. The topological polar surface area (TPSA) is 59.1 Å². The lowest BCUT2D eigenvalue weighted by Crippen LogP contribution is -2.49. The summed E-state index contributed by atoms with van der Waals surface area (Å²) in [5.74, 6) is -2.13. The van der Waals surface area contributed by atoms with Crippen LogP contribution in [0.25, 0.3) is 0 Å². The van der Waals surface area contributed by atoms with Crippen molar-refractivity contribution in [2.75, 3.05) is 32.8 Å². The molecule has 3 saturated heterocycles. The first-order chi connectivity index (χ1) is 15.4. The second-order valence-electron chi connectivity index (χ2n) is 8.52. The molecule has 12 heteroatoms. The van der Waals surface area contributed by atoms with Crippen molar-refractivity contribution in [1.82, 2.24) is 9.80 Å². The summed E-state index contributed by atoms with van der Waals surface area (Å²) < 4.78 is 89.8. The fourth-order valence-electron chi connectivity index (χ4n) is 4.53. The van der Waals surface area contributed by atoms with Crippen LogP contribution in [0.1, 0.15) is 36.0 Å². The van der Waals surface area contributed by atoms with Crippen molar-refractivity contribution >= 4 is 11.8 Å². The van der Waals surface area contributed by atoms with Gasteiger partial charge in [-0.15, -0.1) is 0 Å². The van der Waals surface area contributed by atoms with Crippen molar-refractivity contribution in [1.29, 1.82) is 0 Å². The number of nitrogens with zero attached hydrogens (tertiary/aromatic N) is 2. The molecule has 33 heavy (non-hydrogen) atoms. The summed E-state index contributed by atoms with van der Waals surface area (Å²) in [6, 6.07) is 1.25. The third-order valence-electron chi connectivity index (χ3n) is 6.24. The number of hydrogen-bond acceptors (Lipinski definition) is 4. The van der Waals surface area contributed by atoms with Gasteiger partial charge in [0.05, 0.1) is 30.3 Å². The zero-order chi connectivity index (χ0) is 24.0. The van der Waals surface area contributed by atoms with Crippen LogP contribution in [0.5, 0.6) is 0 Å². The van der Waals surface area contributed by atoms with Gasteiger partial charge < -0.3 is 19.3 Å². The molecule has 0 N–H and O–H groups in total. The number of piperidine rings is 1. The number of likely N-dealkylation sites (tertiary alicyclic amines) is 2. The van der Waals surface area contributed by atoms with E-state index >= 15 is 0 Å². The van der Waals surface area contributed by atoms with Crippen LogP contribution in [-0.4, -0.2) is 60.2 Å². The molecule has 3 heterocycles. The lowest BCUT2D eigenvalue weighted by Gasteiger charge is -2.38. The van der Waals surface area contributed by atoms with Crippen molar-refractivity contribution in [2.24, 2.45) is 5.92 Å². The van der Waals surface area contributed by atoms with E-state index < -0.39 is 47.6 Å². The Morgan fingerprint density at radius 1 is 0.970 bits per heavy atom. The van der Waals surface area contributed by atoms with Crippen LogP contribution in [0.4, 0.5) is 26.3 Å². The van der Waals surface area contributed by atoms with Gasteiger partial charge in [0.15, 0.2) is 5.79 Å². The van der Waals surface area contributed by atoms with E-state index in [1.165, 1.54) is 0 Å². The Kier molecular flexibility index (Phi) is 6.10. The minimum absolute atomic E-state index is 0.0442. The van der Waals surface area contributed by atoms with Gasteiger partial charge in [-0.05, 0) is 23.8 Å². The summed E-state index contributed by atoms with van der Waals surface area (Å²) in [6.45, 7) is 1.24. The maximum Gasteiger partial charge on any atom is 0.416 e. The molecule has 182 valence electrons. The monoisotopic (exact) mass is 480 g/mol. The zero-order valence-electron chi connectivity index (χ0n) is 17.5. The maximum atomic E-state index is 13.1. The fraction of sp³-hybridized carbons (Fsp3) is 0.619. The second-order valence-corrected chi connectivity index (χ2v) is 8.52. The molecule has 0 aliphatic carbocycles. The summed E-state index contributed by atoms with van der Waals surface area (Å²) in [5.41, 5.74) is -3.18. The maximum absolute atomic E-state index is 13.1. The van der Waals surface area contributed by atoms with E-state index in [2.05, 4.69) is 0 Å². The number of rotatable bonds is 3. The normalized spacial score (nSPS) is 23.6. The van der Waals surface area contributed by atoms with Gasteiger partial charge in [0.1, 0.15) is 0 Å². The van der Waals surface area contributed by atoms with Crippen molar-refractivity contribution in [3.8, 4) is 0 Å². The molecule has 3 aliphatic heterocycles. The molecule has 1 spiro atoms. The molecular formula is C21H22F6N2O4. The van der Waals surface area contributed by atoms with Crippen LogP contribution in [-0.2, 0) is 38.0 Å². The smallest absolute Gasteiger partial charge is 0.347 e. The third kappa shape index (κ3) is 5.11. The van der Waals surface area contributed by atoms with Gasteiger partial charge >= 0.3 is 12.4 Å². The first-order valence-corrected chi connectivity index (χ1v) is 10.5. The summed E-state index contributed by atoms with van der Waals surface area (Å²) in [5, 5.41) is 0. The highest BCUT2D eigenvalue weighted by molar-refractivity contribution is 5.89. The molecule has 0 radical (unpaired) electrons. The summed E-state index contributed by atoms with van der Waals surface area (Å²) in [6.07, 6.45) is -9.09. The van der Waals surface area contributed by atoms with Crippen LogP contribution < -0.4 is 0 Å². The van der Waals surface area contributed by atoms with Gasteiger partial charge in [-0.2, -0.15) is 26.3 Å². The van der Waals surface area contributed by atoms with E-state index in [4.69, 9.17) is 9.47 Å². The Labute approximate surface area is 185 Å². The molecule has 4 rings (SSSR count). The van der Waals surface area contributed by atoms with E-state index in [1.807, 2.05) is 0 Å². The van der Waals surface area contributed by atoms with Gasteiger partial charge in [0, 0.05) is 45.4 Å². The van der Waals surface area contributed by atoms with Crippen LogP contribution in [0, 0.1) is 5.92 Å². The average Bonchev–Trinajstić information content (AvgIpc) is 3.33. The van der Waals surface area contributed by atoms with Crippen molar-refractivity contribution in [2.45, 2.75) is 43.9 Å². The second kappa shape index (κ2) is 8.46. The number of carbonyl (C=O) groups excluding carboxylic acids is 2. The molecule has 2 amide bonds. The van der Waals surface area contributed by atoms with E-state index in [0.29, 0.717) is 51.3 Å². The Hall–Kier alpha value is -2.34. The van der Waals surface area contributed by atoms with E-state index in [-0.39, 0.29) is 30.5 Å². The van der Waals surface area contributed by atoms with Crippen molar-refractivity contribution in [3.05, 3.63) is 34.9 Å². The van der Waals surface area contributed by atoms with Gasteiger partial charge in [-0.25, -0.2) is 0 Å². The highest BCUT2D eigenvalue weighted by Crippen LogP contribution is 2.37. The fourth-order valence-corrected chi connectivity index (χ4v) is 4.53. The minimum Gasteiger partial charge on any atom is -0.347 e. The highest BCUT2D eigenvalue weighted by Gasteiger charge is 2.44. The molecule has 3 aliphatic rings. The van der Waals surface area contributed by atoms with E-state index in [1.54, 1.807) is 4.90 Å². The van der Waals surface area contributed by atoms with Crippen molar-refractivity contribution in [3.63, 3.8) is 0 Å². The van der Waals surface area contributed by atoms with Crippen molar-refractivity contribution < 1.29 is 45.4 Å². The molecule has 6 nitrogen and oxygen atoms in total. The molecule has 0 bridgehead atoms. The molecule has 0 aromatic heterocycles. The van der Waals surface area contributed by atoms with E-state index in [9.17, 15) is 35.9 Å². The predicted molar refractivity (Wildman–Crippen MR) is 100 cm³/mol. The average molecular weight is 480 g/mol. The predicted octanol–water partition coefficient (Wildman–Crippen LogP) is 3.44.